The van der Waals surface area contributed by atoms with Gasteiger partial charge < -0.3 is 0 Å². The van der Waals surface area contributed by atoms with Gasteiger partial charge in [0.2, 0.25) is 10.0 Å². The molecule has 3 nitrogen and oxygen atoms in total. The standard InChI is InChI=1S/C13H17BrCl3NO2S/c1-13(2,4-3-5-15)8-18-21(19,20)12-10(16)6-9(14)7-11(12)17/h6-7,18H,3-5,8H2,1-2H3. The normalized spacial score (nSPS) is 12.7. The fourth-order valence-corrected chi connectivity index (χ4v) is 5.09. The summed E-state index contributed by atoms with van der Waals surface area (Å²) in [7, 11) is -3.76. The van der Waals surface area contributed by atoms with Crippen molar-refractivity contribution in [1.29, 1.82) is 0 Å². The number of hydrogen-bond acceptors (Lipinski definition) is 2. The van der Waals surface area contributed by atoms with Crippen LogP contribution in [-0.4, -0.2) is 20.8 Å². The SMILES string of the molecule is CC(C)(CCCCl)CNS(=O)(=O)c1c(Cl)cc(Br)cc1Cl. The van der Waals surface area contributed by atoms with E-state index in [1.807, 2.05) is 13.8 Å². The van der Waals surface area contributed by atoms with Gasteiger partial charge in [-0.1, -0.05) is 53.0 Å². The second-order valence-corrected chi connectivity index (χ2v) is 9.29. The minimum atomic E-state index is -3.76. The van der Waals surface area contributed by atoms with Crippen molar-refractivity contribution in [1.82, 2.24) is 4.72 Å². The van der Waals surface area contributed by atoms with Crippen molar-refractivity contribution in [3.05, 3.63) is 26.7 Å². The molecular weight excluding hydrogens is 420 g/mol. The molecule has 0 bridgehead atoms. The van der Waals surface area contributed by atoms with Crippen LogP contribution in [0.1, 0.15) is 26.7 Å². The van der Waals surface area contributed by atoms with Gasteiger partial charge in [-0.2, -0.15) is 0 Å². The van der Waals surface area contributed by atoms with Crippen molar-refractivity contribution < 1.29 is 8.42 Å². The summed E-state index contributed by atoms with van der Waals surface area (Å²) in [5.74, 6) is 0.556. The van der Waals surface area contributed by atoms with Gasteiger partial charge in [0, 0.05) is 16.9 Å². The minimum absolute atomic E-state index is 0.0837. The van der Waals surface area contributed by atoms with E-state index in [9.17, 15) is 8.42 Å². The lowest BCUT2D eigenvalue weighted by molar-refractivity contribution is 0.331. The summed E-state index contributed by atoms with van der Waals surface area (Å²) in [6.07, 6.45) is 1.65. The highest BCUT2D eigenvalue weighted by Gasteiger charge is 2.26. The predicted molar refractivity (Wildman–Crippen MR) is 93.1 cm³/mol. The molecule has 0 spiro atoms. The highest BCUT2D eigenvalue weighted by atomic mass is 79.9. The van der Waals surface area contributed by atoms with Crippen LogP contribution < -0.4 is 4.72 Å². The Morgan fingerprint density at radius 3 is 2.24 bits per heavy atom. The molecule has 0 saturated heterocycles. The van der Waals surface area contributed by atoms with Gasteiger partial charge in [-0.3, -0.25) is 0 Å². The molecule has 0 fully saturated rings. The van der Waals surface area contributed by atoms with Crippen molar-refractivity contribution in [3.63, 3.8) is 0 Å². The maximum absolute atomic E-state index is 12.4. The molecule has 1 aromatic carbocycles. The Morgan fingerprint density at radius 2 is 1.76 bits per heavy atom. The zero-order valence-corrected chi connectivity index (χ0v) is 16.4. The Balaban J connectivity index is 2.93. The lowest BCUT2D eigenvalue weighted by Crippen LogP contribution is -2.34. The summed E-state index contributed by atoms with van der Waals surface area (Å²) in [5.41, 5.74) is -0.198. The van der Waals surface area contributed by atoms with Gasteiger partial charge in [-0.05, 0) is 30.4 Å². The molecule has 21 heavy (non-hydrogen) atoms. The largest absolute Gasteiger partial charge is 0.243 e. The van der Waals surface area contributed by atoms with Gasteiger partial charge in [0.1, 0.15) is 4.90 Å². The van der Waals surface area contributed by atoms with Gasteiger partial charge in [-0.15, -0.1) is 11.6 Å². The van der Waals surface area contributed by atoms with E-state index < -0.39 is 10.0 Å². The molecule has 1 N–H and O–H groups in total. The summed E-state index contributed by atoms with van der Waals surface area (Å²) in [5, 5.41) is 0.167. The van der Waals surface area contributed by atoms with E-state index in [1.165, 1.54) is 12.1 Å². The topological polar surface area (TPSA) is 46.2 Å². The molecule has 0 heterocycles. The zero-order chi connectivity index (χ0) is 16.3. The Bertz CT molecular complexity index is 582. The van der Waals surface area contributed by atoms with Crippen LogP contribution in [0.2, 0.25) is 10.0 Å². The molecule has 0 radical (unpaired) electrons. The third-order valence-electron chi connectivity index (χ3n) is 2.96. The fourth-order valence-electron chi connectivity index (χ4n) is 1.78. The first-order valence-electron chi connectivity index (χ1n) is 6.29. The third-order valence-corrected chi connectivity index (χ3v) is 6.01. The van der Waals surface area contributed by atoms with Gasteiger partial charge >= 0.3 is 0 Å². The highest BCUT2D eigenvalue weighted by Crippen LogP contribution is 2.33. The Morgan fingerprint density at radius 1 is 1.24 bits per heavy atom. The molecule has 0 amide bonds. The van der Waals surface area contributed by atoms with Gasteiger partial charge in [0.05, 0.1) is 10.0 Å². The molecule has 0 unspecified atom stereocenters. The summed E-state index contributed by atoms with van der Waals surface area (Å²) < 4.78 is 28.0. The van der Waals surface area contributed by atoms with Crippen molar-refractivity contribution in [2.45, 2.75) is 31.6 Å². The first-order chi connectivity index (χ1) is 9.59. The molecule has 0 atom stereocenters. The van der Waals surface area contributed by atoms with E-state index in [4.69, 9.17) is 34.8 Å². The summed E-state index contributed by atoms with van der Waals surface area (Å²) in [6.45, 7) is 4.24. The van der Waals surface area contributed by atoms with E-state index >= 15 is 0 Å². The average molecular weight is 438 g/mol. The van der Waals surface area contributed by atoms with Crippen LogP contribution in [0.3, 0.4) is 0 Å². The van der Waals surface area contributed by atoms with Crippen LogP contribution in [-0.2, 0) is 10.0 Å². The molecule has 0 aliphatic carbocycles. The minimum Gasteiger partial charge on any atom is -0.211 e. The van der Waals surface area contributed by atoms with E-state index in [2.05, 4.69) is 20.7 Å². The fraction of sp³-hybridized carbons (Fsp3) is 0.538. The first-order valence-corrected chi connectivity index (χ1v) is 9.86. The second-order valence-electron chi connectivity index (χ2n) is 5.48. The average Bonchev–Trinajstić information content (AvgIpc) is 2.33. The van der Waals surface area contributed by atoms with E-state index in [-0.39, 0.29) is 26.9 Å². The predicted octanol–water partition coefficient (Wildman–Crippen LogP) is 5.08. The van der Waals surface area contributed by atoms with Crippen LogP contribution in [0, 0.1) is 5.41 Å². The molecular formula is C13H17BrCl3NO2S. The van der Waals surface area contributed by atoms with Gasteiger partial charge in [0.25, 0.3) is 0 Å². The van der Waals surface area contributed by atoms with Crippen LogP contribution in [0.4, 0.5) is 0 Å². The third kappa shape index (κ3) is 5.88. The van der Waals surface area contributed by atoms with Gasteiger partial charge in [-0.25, -0.2) is 13.1 Å². The maximum Gasteiger partial charge on any atom is 0.243 e. The summed E-state index contributed by atoms with van der Waals surface area (Å²) in [6, 6.07) is 3.00. The van der Waals surface area contributed by atoms with E-state index in [1.54, 1.807) is 0 Å². The Kier molecular flexibility index (Phi) is 7.29. The van der Waals surface area contributed by atoms with E-state index in [0.29, 0.717) is 10.4 Å². The molecule has 0 aliphatic rings. The molecule has 0 saturated carbocycles. The first kappa shape index (κ1) is 19.5. The maximum atomic E-state index is 12.4. The quantitative estimate of drug-likeness (QED) is 0.605. The van der Waals surface area contributed by atoms with E-state index in [0.717, 1.165) is 12.8 Å². The molecule has 120 valence electrons. The Hall–Kier alpha value is 0.480. The smallest absolute Gasteiger partial charge is 0.211 e. The van der Waals surface area contributed by atoms with Crippen molar-refractivity contribution in [3.8, 4) is 0 Å². The number of halogens is 4. The lowest BCUT2D eigenvalue weighted by Gasteiger charge is -2.24. The number of rotatable bonds is 7. The molecule has 1 aromatic rings. The number of sulfonamides is 1. The van der Waals surface area contributed by atoms with Crippen molar-refractivity contribution in [2.75, 3.05) is 12.4 Å². The summed E-state index contributed by atoms with van der Waals surface area (Å²) in [4.78, 5) is -0.0952. The number of alkyl halides is 1. The number of benzene rings is 1. The molecule has 8 heteroatoms. The number of nitrogens with one attached hydrogen (secondary N) is 1. The lowest BCUT2D eigenvalue weighted by atomic mass is 9.88. The second kappa shape index (κ2) is 7.84. The molecule has 0 aromatic heterocycles. The monoisotopic (exact) mass is 435 g/mol. The van der Waals surface area contributed by atoms with Crippen LogP contribution in [0.5, 0.6) is 0 Å². The molecule has 0 aliphatic heterocycles. The van der Waals surface area contributed by atoms with Crippen molar-refractivity contribution >= 4 is 60.8 Å². The number of hydrogen-bond donors (Lipinski definition) is 1. The highest BCUT2D eigenvalue weighted by molar-refractivity contribution is 9.10. The van der Waals surface area contributed by atoms with Crippen LogP contribution in [0.15, 0.2) is 21.5 Å². The Labute approximate surface area is 149 Å². The molecule has 1 rings (SSSR count). The van der Waals surface area contributed by atoms with Gasteiger partial charge in [0.15, 0.2) is 0 Å². The van der Waals surface area contributed by atoms with Crippen LogP contribution >= 0.6 is 50.7 Å². The van der Waals surface area contributed by atoms with Crippen LogP contribution in [0.25, 0.3) is 0 Å². The zero-order valence-electron chi connectivity index (χ0n) is 11.7. The summed E-state index contributed by atoms with van der Waals surface area (Å²) >= 11 is 20.9. The van der Waals surface area contributed by atoms with Crippen molar-refractivity contribution in [2.24, 2.45) is 5.41 Å².